The number of hydrogen-bond acceptors (Lipinski definition) is 6. The molecule has 4 rings (SSSR count). The molecule has 1 aromatic heterocycles. The van der Waals surface area contributed by atoms with Crippen LogP contribution in [0.1, 0.15) is 35.7 Å². The molecule has 0 spiro atoms. The molecule has 15 heteroatoms. The van der Waals surface area contributed by atoms with Crippen LogP contribution in [0.25, 0.3) is 0 Å². The van der Waals surface area contributed by atoms with Gasteiger partial charge in [0.25, 0.3) is 0 Å². The highest BCUT2D eigenvalue weighted by Gasteiger charge is 2.39. The van der Waals surface area contributed by atoms with Crippen LogP contribution in [0.4, 0.5) is 26.3 Å². The van der Waals surface area contributed by atoms with Crippen molar-refractivity contribution in [3.8, 4) is 5.75 Å². The Kier molecular flexibility index (Phi) is 11.2. The minimum atomic E-state index is -5.08. The van der Waals surface area contributed by atoms with Gasteiger partial charge in [0.15, 0.2) is 0 Å². The van der Waals surface area contributed by atoms with Gasteiger partial charge < -0.3 is 19.7 Å². The van der Waals surface area contributed by atoms with Crippen molar-refractivity contribution < 1.29 is 55.6 Å². The normalized spacial score (nSPS) is 17.2. The molecule has 1 saturated carbocycles. The zero-order chi connectivity index (χ0) is 29.4. The quantitative estimate of drug-likeness (QED) is 0.477. The minimum absolute atomic E-state index is 0.275. The van der Waals surface area contributed by atoms with Crippen molar-refractivity contribution in [2.75, 3.05) is 26.9 Å². The highest BCUT2D eigenvalue weighted by Crippen LogP contribution is 2.33. The van der Waals surface area contributed by atoms with E-state index < -0.39 is 24.3 Å². The standard InChI is InChI=1S/C20H27N3O2.2C2HF3O2/c1-22-20-17(11-21-22)9-10-23(19(20)14-25-13-16-3-4-16)12-15-5-7-18(24-2)8-6-15;2*3-2(4,5)1(6)7/h5-8,11,16,19H,3-4,9-10,12-14H2,1-2H3;2*(H,6,7). The lowest BCUT2D eigenvalue weighted by atomic mass is 9.99. The third kappa shape index (κ3) is 10.4. The number of halogens is 6. The van der Waals surface area contributed by atoms with Crippen molar-refractivity contribution in [2.24, 2.45) is 13.0 Å². The molecule has 1 atom stereocenters. The summed E-state index contributed by atoms with van der Waals surface area (Å²) in [5.74, 6) is -3.81. The first-order valence-corrected chi connectivity index (χ1v) is 11.7. The van der Waals surface area contributed by atoms with Crippen LogP contribution in [-0.2, 0) is 34.3 Å². The van der Waals surface area contributed by atoms with Crippen molar-refractivity contribution in [3.63, 3.8) is 0 Å². The van der Waals surface area contributed by atoms with Gasteiger partial charge in [-0.15, -0.1) is 0 Å². The summed E-state index contributed by atoms with van der Waals surface area (Å²) in [5.41, 5.74) is 3.99. The van der Waals surface area contributed by atoms with Crippen LogP contribution in [0.15, 0.2) is 30.5 Å². The van der Waals surface area contributed by atoms with Crippen molar-refractivity contribution in [1.82, 2.24) is 14.7 Å². The lowest BCUT2D eigenvalue weighted by molar-refractivity contribution is -0.193. The van der Waals surface area contributed by atoms with Crippen LogP contribution >= 0.6 is 0 Å². The fourth-order valence-electron chi connectivity index (χ4n) is 3.68. The molecule has 2 aromatic rings. The minimum Gasteiger partial charge on any atom is -0.497 e. The number of aliphatic carboxylic acids is 2. The average Bonchev–Trinajstić information content (AvgIpc) is 3.60. The van der Waals surface area contributed by atoms with Gasteiger partial charge in [0.05, 0.1) is 31.6 Å². The summed E-state index contributed by atoms with van der Waals surface area (Å²) in [6.45, 7) is 3.62. The number of benzene rings is 1. The van der Waals surface area contributed by atoms with Crippen molar-refractivity contribution >= 4 is 11.9 Å². The number of carboxylic acid groups (broad SMARTS) is 2. The van der Waals surface area contributed by atoms with Gasteiger partial charge >= 0.3 is 24.3 Å². The Morgan fingerprint density at radius 1 is 1.00 bits per heavy atom. The summed E-state index contributed by atoms with van der Waals surface area (Å²) in [5, 5.41) is 18.7. The van der Waals surface area contributed by atoms with E-state index in [9.17, 15) is 26.3 Å². The van der Waals surface area contributed by atoms with E-state index in [4.69, 9.17) is 29.3 Å². The average molecular weight is 569 g/mol. The fourth-order valence-corrected chi connectivity index (χ4v) is 3.68. The third-order valence-electron chi connectivity index (χ3n) is 5.85. The van der Waals surface area contributed by atoms with Crippen LogP contribution in [0.3, 0.4) is 0 Å². The van der Waals surface area contributed by atoms with Gasteiger partial charge in [-0.2, -0.15) is 31.4 Å². The predicted molar refractivity (Wildman–Crippen MR) is 124 cm³/mol. The molecule has 0 saturated heterocycles. The van der Waals surface area contributed by atoms with E-state index >= 15 is 0 Å². The SMILES string of the molecule is COc1ccc(CN2CCc3cnn(C)c3C2COCC2CC2)cc1.O=C(O)C(F)(F)F.O=C(O)C(F)(F)F. The van der Waals surface area contributed by atoms with Gasteiger partial charge in [0.2, 0.25) is 0 Å². The highest BCUT2D eigenvalue weighted by molar-refractivity contribution is 5.73. The van der Waals surface area contributed by atoms with Crippen LogP contribution in [0.5, 0.6) is 5.75 Å². The second-order valence-electron chi connectivity index (χ2n) is 8.85. The second kappa shape index (κ2) is 13.6. The first kappa shape index (κ1) is 31.9. The van der Waals surface area contributed by atoms with Crippen LogP contribution < -0.4 is 4.74 Å². The number of fused-ring (bicyclic) bond motifs is 1. The Bertz CT molecular complexity index is 1060. The Labute approximate surface area is 219 Å². The molecular formula is C24H29F6N3O6. The first-order chi connectivity index (χ1) is 18.1. The van der Waals surface area contributed by atoms with E-state index in [0.717, 1.165) is 44.4 Å². The predicted octanol–water partition coefficient (Wildman–Crippen LogP) is 4.22. The van der Waals surface area contributed by atoms with Gasteiger partial charge in [0.1, 0.15) is 5.75 Å². The number of carboxylic acids is 2. The van der Waals surface area contributed by atoms with E-state index in [1.54, 1.807) is 7.11 Å². The molecule has 1 aromatic carbocycles. The van der Waals surface area contributed by atoms with E-state index in [-0.39, 0.29) is 6.04 Å². The van der Waals surface area contributed by atoms with E-state index in [1.807, 2.05) is 30.1 Å². The molecular weight excluding hydrogens is 540 g/mol. The molecule has 0 bridgehead atoms. The Balaban J connectivity index is 0.000000317. The smallest absolute Gasteiger partial charge is 0.490 e. The maximum absolute atomic E-state index is 10.6. The number of methoxy groups -OCH3 is 1. The summed E-state index contributed by atoms with van der Waals surface area (Å²) in [4.78, 5) is 20.3. The van der Waals surface area contributed by atoms with Crippen molar-refractivity contribution in [2.45, 2.75) is 44.2 Å². The highest BCUT2D eigenvalue weighted by atomic mass is 19.4. The van der Waals surface area contributed by atoms with Crippen LogP contribution in [-0.4, -0.2) is 76.1 Å². The number of hydrogen-bond donors (Lipinski definition) is 2. The van der Waals surface area contributed by atoms with Crippen LogP contribution in [0.2, 0.25) is 0 Å². The van der Waals surface area contributed by atoms with Crippen molar-refractivity contribution in [3.05, 3.63) is 47.3 Å². The molecule has 0 radical (unpaired) electrons. The van der Waals surface area contributed by atoms with Gasteiger partial charge in [0, 0.05) is 26.7 Å². The first-order valence-electron chi connectivity index (χ1n) is 11.7. The molecule has 1 aliphatic carbocycles. The van der Waals surface area contributed by atoms with Gasteiger partial charge in [-0.25, -0.2) is 9.59 Å². The summed E-state index contributed by atoms with van der Waals surface area (Å²) >= 11 is 0. The molecule has 39 heavy (non-hydrogen) atoms. The number of aryl methyl sites for hydroxylation is 1. The number of aromatic nitrogens is 2. The number of nitrogens with zero attached hydrogens (tertiary/aromatic N) is 3. The largest absolute Gasteiger partial charge is 0.497 e. The topological polar surface area (TPSA) is 114 Å². The van der Waals surface area contributed by atoms with Gasteiger partial charge in [-0.05, 0) is 48.4 Å². The summed E-state index contributed by atoms with van der Waals surface area (Å²) in [7, 11) is 3.75. The monoisotopic (exact) mass is 569 g/mol. The second-order valence-corrected chi connectivity index (χ2v) is 8.85. The molecule has 0 amide bonds. The lowest BCUT2D eigenvalue weighted by Crippen LogP contribution is -2.38. The third-order valence-corrected chi connectivity index (χ3v) is 5.85. The zero-order valence-electron chi connectivity index (χ0n) is 21.1. The number of alkyl halides is 6. The summed E-state index contributed by atoms with van der Waals surface area (Å²) < 4.78 is 76.8. The van der Waals surface area contributed by atoms with E-state index in [2.05, 4.69) is 22.1 Å². The Hall–Kier alpha value is -3.33. The zero-order valence-corrected chi connectivity index (χ0v) is 21.1. The summed E-state index contributed by atoms with van der Waals surface area (Å²) in [6, 6.07) is 8.65. The Morgan fingerprint density at radius 2 is 1.54 bits per heavy atom. The Morgan fingerprint density at radius 3 is 2.00 bits per heavy atom. The maximum atomic E-state index is 10.6. The molecule has 2 N–H and O–H groups in total. The molecule has 218 valence electrons. The molecule has 9 nitrogen and oxygen atoms in total. The van der Waals surface area contributed by atoms with Gasteiger partial charge in [-0.3, -0.25) is 9.58 Å². The number of carbonyl (C=O) groups is 2. The molecule has 2 heterocycles. The number of rotatable bonds is 7. The van der Waals surface area contributed by atoms with Crippen LogP contribution in [0, 0.1) is 5.92 Å². The number of ether oxygens (including phenoxy) is 2. The molecule has 2 aliphatic rings. The van der Waals surface area contributed by atoms with E-state index in [0.29, 0.717) is 0 Å². The molecule has 1 fully saturated rings. The van der Waals surface area contributed by atoms with Gasteiger partial charge in [-0.1, -0.05) is 12.1 Å². The van der Waals surface area contributed by atoms with E-state index in [1.165, 1.54) is 29.7 Å². The fraction of sp³-hybridized carbons (Fsp3) is 0.542. The molecule has 1 aliphatic heterocycles. The van der Waals surface area contributed by atoms with Crippen molar-refractivity contribution in [1.29, 1.82) is 0 Å². The molecule has 1 unspecified atom stereocenters. The summed E-state index contributed by atoms with van der Waals surface area (Å²) in [6.07, 6.45) is -4.43. The lowest BCUT2D eigenvalue weighted by Gasteiger charge is -2.36. The maximum Gasteiger partial charge on any atom is 0.490 e.